The Hall–Kier alpha value is -0.0800. The standard InChI is InChI=1S/C13H28N2/c1-11-7-6-8-13(11,9-14)15(5)10-12(2,3)4/h11H,6-10,14H2,1-5H3. The first-order valence-electron chi connectivity index (χ1n) is 6.23. The van der Waals surface area contributed by atoms with E-state index in [0.717, 1.165) is 19.0 Å². The van der Waals surface area contributed by atoms with Gasteiger partial charge in [-0.25, -0.2) is 0 Å². The third-order valence-corrected chi connectivity index (χ3v) is 3.99. The monoisotopic (exact) mass is 212 g/mol. The van der Waals surface area contributed by atoms with Gasteiger partial charge in [0.1, 0.15) is 0 Å². The average Bonchev–Trinajstić information content (AvgIpc) is 2.44. The number of likely N-dealkylation sites (N-methyl/N-ethyl adjacent to an activating group) is 1. The Balaban J connectivity index is 2.73. The van der Waals surface area contributed by atoms with E-state index in [1.54, 1.807) is 0 Å². The smallest absolute Gasteiger partial charge is 0.0354 e. The molecule has 2 N–H and O–H groups in total. The van der Waals surface area contributed by atoms with Crippen LogP contribution < -0.4 is 5.73 Å². The lowest BCUT2D eigenvalue weighted by atomic mass is 9.84. The van der Waals surface area contributed by atoms with Crippen LogP contribution in [0.2, 0.25) is 0 Å². The van der Waals surface area contributed by atoms with Crippen molar-refractivity contribution in [3.05, 3.63) is 0 Å². The fraction of sp³-hybridized carbons (Fsp3) is 1.00. The fourth-order valence-corrected chi connectivity index (χ4v) is 3.12. The molecule has 1 saturated carbocycles. The maximum Gasteiger partial charge on any atom is 0.0354 e. The summed E-state index contributed by atoms with van der Waals surface area (Å²) in [5, 5.41) is 0. The van der Waals surface area contributed by atoms with Crippen molar-refractivity contribution in [3.8, 4) is 0 Å². The lowest BCUT2D eigenvalue weighted by molar-refractivity contribution is 0.0596. The molecule has 1 aliphatic rings. The van der Waals surface area contributed by atoms with Gasteiger partial charge in [-0.3, -0.25) is 4.90 Å². The van der Waals surface area contributed by atoms with Crippen LogP contribution in [0.5, 0.6) is 0 Å². The summed E-state index contributed by atoms with van der Waals surface area (Å²) < 4.78 is 0. The molecule has 0 saturated heterocycles. The van der Waals surface area contributed by atoms with E-state index in [0.29, 0.717) is 5.41 Å². The minimum Gasteiger partial charge on any atom is -0.329 e. The van der Waals surface area contributed by atoms with Crippen LogP contribution in [0.15, 0.2) is 0 Å². The molecule has 2 atom stereocenters. The molecular formula is C13H28N2. The van der Waals surface area contributed by atoms with Gasteiger partial charge in [0.2, 0.25) is 0 Å². The Kier molecular flexibility index (Phi) is 3.83. The summed E-state index contributed by atoms with van der Waals surface area (Å²) in [5.74, 6) is 0.745. The highest BCUT2D eigenvalue weighted by molar-refractivity contribution is 4.99. The third kappa shape index (κ3) is 2.73. The number of nitrogens with zero attached hydrogens (tertiary/aromatic N) is 1. The van der Waals surface area contributed by atoms with Crippen molar-refractivity contribution in [2.24, 2.45) is 17.1 Å². The summed E-state index contributed by atoms with van der Waals surface area (Å²) >= 11 is 0. The van der Waals surface area contributed by atoms with Crippen molar-refractivity contribution in [1.82, 2.24) is 4.90 Å². The summed E-state index contributed by atoms with van der Waals surface area (Å²) in [6, 6.07) is 0. The molecular weight excluding hydrogens is 184 g/mol. The first-order valence-corrected chi connectivity index (χ1v) is 6.23. The Morgan fingerprint density at radius 1 is 1.40 bits per heavy atom. The zero-order chi connectivity index (χ0) is 11.7. The molecule has 0 amide bonds. The van der Waals surface area contributed by atoms with E-state index >= 15 is 0 Å². The quantitative estimate of drug-likeness (QED) is 0.779. The van der Waals surface area contributed by atoms with Crippen molar-refractivity contribution in [1.29, 1.82) is 0 Å². The largest absolute Gasteiger partial charge is 0.329 e. The van der Waals surface area contributed by atoms with Crippen LogP contribution in [0.1, 0.15) is 47.0 Å². The molecule has 0 heterocycles. The van der Waals surface area contributed by atoms with Crippen LogP contribution in [0.4, 0.5) is 0 Å². The number of hydrogen-bond acceptors (Lipinski definition) is 2. The molecule has 0 aromatic rings. The molecule has 0 bridgehead atoms. The van der Waals surface area contributed by atoms with E-state index in [1.807, 2.05) is 0 Å². The predicted octanol–water partition coefficient (Wildman–Crippen LogP) is 2.48. The van der Waals surface area contributed by atoms with Gasteiger partial charge in [0, 0.05) is 18.6 Å². The van der Waals surface area contributed by atoms with E-state index in [9.17, 15) is 0 Å². The van der Waals surface area contributed by atoms with Crippen LogP contribution in [0.3, 0.4) is 0 Å². The minimum atomic E-state index is 0.271. The van der Waals surface area contributed by atoms with Crippen LogP contribution in [0, 0.1) is 11.3 Å². The minimum absolute atomic E-state index is 0.271. The van der Waals surface area contributed by atoms with Gasteiger partial charge in [0.25, 0.3) is 0 Å². The first kappa shape index (κ1) is 13.0. The van der Waals surface area contributed by atoms with Gasteiger partial charge in [0.05, 0.1) is 0 Å². The van der Waals surface area contributed by atoms with E-state index in [-0.39, 0.29) is 5.54 Å². The molecule has 2 nitrogen and oxygen atoms in total. The third-order valence-electron chi connectivity index (χ3n) is 3.99. The van der Waals surface area contributed by atoms with E-state index in [2.05, 4.69) is 39.6 Å². The van der Waals surface area contributed by atoms with Crippen molar-refractivity contribution in [2.75, 3.05) is 20.1 Å². The van der Waals surface area contributed by atoms with Gasteiger partial charge >= 0.3 is 0 Å². The van der Waals surface area contributed by atoms with Crippen molar-refractivity contribution < 1.29 is 0 Å². The average molecular weight is 212 g/mol. The molecule has 0 spiro atoms. The topological polar surface area (TPSA) is 29.3 Å². The van der Waals surface area contributed by atoms with Crippen LogP contribution in [-0.2, 0) is 0 Å². The molecule has 90 valence electrons. The van der Waals surface area contributed by atoms with Crippen LogP contribution in [0.25, 0.3) is 0 Å². The highest BCUT2D eigenvalue weighted by atomic mass is 15.2. The van der Waals surface area contributed by atoms with Crippen molar-refractivity contribution in [3.63, 3.8) is 0 Å². The normalized spacial score (nSPS) is 32.6. The van der Waals surface area contributed by atoms with Crippen LogP contribution >= 0.6 is 0 Å². The summed E-state index contributed by atoms with van der Waals surface area (Å²) in [6.45, 7) is 11.2. The maximum absolute atomic E-state index is 6.04. The molecule has 2 unspecified atom stereocenters. The van der Waals surface area contributed by atoms with E-state index in [1.165, 1.54) is 19.3 Å². The van der Waals surface area contributed by atoms with E-state index < -0.39 is 0 Å². The van der Waals surface area contributed by atoms with Gasteiger partial charge < -0.3 is 5.73 Å². The molecule has 1 fully saturated rings. The summed E-state index contributed by atoms with van der Waals surface area (Å²) in [5.41, 5.74) is 6.67. The molecule has 0 radical (unpaired) electrons. The lowest BCUT2D eigenvalue weighted by Crippen LogP contribution is -2.55. The number of nitrogens with two attached hydrogens (primary N) is 1. The van der Waals surface area contributed by atoms with E-state index in [4.69, 9.17) is 5.73 Å². The second kappa shape index (κ2) is 4.42. The SMILES string of the molecule is CC1CCCC1(CN)N(C)CC(C)(C)C. The molecule has 2 heteroatoms. The molecule has 0 aromatic carbocycles. The molecule has 0 aromatic heterocycles. The molecule has 1 aliphatic carbocycles. The van der Waals surface area contributed by atoms with Crippen molar-refractivity contribution >= 4 is 0 Å². The first-order chi connectivity index (χ1) is 6.82. The molecule has 15 heavy (non-hydrogen) atoms. The Morgan fingerprint density at radius 3 is 2.33 bits per heavy atom. The Morgan fingerprint density at radius 2 is 2.00 bits per heavy atom. The fourth-order valence-electron chi connectivity index (χ4n) is 3.12. The zero-order valence-electron chi connectivity index (χ0n) is 11.1. The number of rotatable bonds is 3. The maximum atomic E-state index is 6.04. The van der Waals surface area contributed by atoms with Gasteiger partial charge in [0.15, 0.2) is 0 Å². The number of hydrogen-bond donors (Lipinski definition) is 1. The van der Waals surface area contributed by atoms with Gasteiger partial charge in [-0.2, -0.15) is 0 Å². The molecule has 0 aliphatic heterocycles. The van der Waals surface area contributed by atoms with Gasteiger partial charge in [-0.05, 0) is 31.2 Å². The molecule has 1 rings (SSSR count). The Bertz CT molecular complexity index is 207. The summed E-state index contributed by atoms with van der Waals surface area (Å²) in [7, 11) is 2.25. The van der Waals surface area contributed by atoms with Crippen LogP contribution in [-0.4, -0.2) is 30.6 Å². The second-order valence-electron chi connectivity index (χ2n) is 6.52. The Labute approximate surface area is 95.2 Å². The lowest BCUT2D eigenvalue weighted by Gasteiger charge is -2.44. The highest BCUT2D eigenvalue weighted by Gasteiger charge is 2.43. The predicted molar refractivity (Wildman–Crippen MR) is 66.9 cm³/mol. The highest BCUT2D eigenvalue weighted by Crippen LogP contribution is 2.39. The summed E-state index contributed by atoms with van der Waals surface area (Å²) in [6.07, 6.45) is 3.95. The van der Waals surface area contributed by atoms with Gasteiger partial charge in [-0.15, -0.1) is 0 Å². The zero-order valence-corrected chi connectivity index (χ0v) is 11.1. The summed E-state index contributed by atoms with van der Waals surface area (Å²) in [4.78, 5) is 2.52. The second-order valence-corrected chi connectivity index (χ2v) is 6.52. The van der Waals surface area contributed by atoms with Gasteiger partial charge in [-0.1, -0.05) is 34.1 Å². The van der Waals surface area contributed by atoms with Crippen molar-refractivity contribution in [2.45, 2.75) is 52.5 Å².